The summed E-state index contributed by atoms with van der Waals surface area (Å²) in [6.07, 6.45) is 6.83. The van der Waals surface area contributed by atoms with Crippen LogP contribution >= 0.6 is 17.2 Å². The van der Waals surface area contributed by atoms with E-state index in [-0.39, 0.29) is 10.8 Å². The molecule has 1 aliphatic rings. The maximum atomic E-state index is 4.96. The van der Waals surface area contributed by atoms with Gasteiger partial charge in [0.1, 0.15) is 0 Å². The van der Waals surface area contributed by atoms with E-state index < -0.39 is 20.5 Å². The summed E-state index contributed by atoms with van der Waals surface area (Å²) >= 11 is -0.972. The second-order valence-corrected chi connectivity index (χ2v) is 11.2. The van der Waals surface area contributed by atoms with Crippen molar-refractivity contribution < 1.29 is 20.5 Å². The van der Waals surface area contributed by atoms with Gasteiger partial charge in [0.15, 0.2) is 0 Å². The number of allylic oxidation sites excluding steroid dienone is 4. The predicted octanol–water partition coefficient (Wildman–Crippen LogP) is 5.53. The molecular formula is C13H21Cl2Hf. The fraction of sp³-hybridized carbons (Fsp3) is 0.615. The zero-order chi connectivity index (χ0) is 13.0. The Balaban J connectivity index is 0.000000673. The molecule has 0 bridgehead atoms. The summed E-state index contributed by atoms with van der Waals surface area (Å²) in [6, 6.07) is 0. The second-order valence-electron chi connectivity index (χ2n) is 5.96. The first-order valence-corrected chi connectivity index (χ1v) is 14.3. The minimum atomic E-state index is -0.972. The molecule has 0 heterocycles. The molecule has 0 nitrogen and oxygen atoms in total. The van der Waals surface area contributed by atoms with Gasteiger partial charge in [-0.05, 0) is 16.4 Å². The van der Waals surface area contributed by atoms with Crippen LogP contribution < -0.4 is 0 Å². The molecule has 0 aromatic heterocycles. The monoisotopic (exact) mass is 427 g/mol. The predicted molar refractivity (Wildman–Crippen MR) is 71.1 cm³/mol. The summed E-state index contributed by atoms with van der Waals surface area (Å²) in [6.45, 7) is 13.6. The molecular weight excluding hydrogens is 406 g/mol. The van der Waals surface area contributed by atoms with Crippen LogP contribution in [0.3, 0.4) is 0 Å². The van der Waals surface area contributed by atoms with Gasteiger partial charge in [-0.3, -0.25) is 0 Å². The summed E-state index contributed by atoms with van der Waals surface area (Å²) in [4.78, 5) is 0. The van der Waals surface area contributed by atoms with E-state index in [1.807, 2.05) is 0 Å². The van der Waals surface area contributed by atoms with Crippen molar-refractivity contribution in [3.05, 3.63) is 29.7 Å². The molecule has 16 heavy (non-hydrogen) atoms. The van der Waals surface area contributed by atoms with Gasteiger partial charge in [-0.25, -0.2) is 0 Å². The second kappa shape index (κ2) is 6.75. The molecule has 0 atom stereocenters. The van der Waals surface area contributed by atoms with E-state index in [1.54, 1.807) is 0 Å². The number of rotatable bonds is 0. The fourth-order valence-electron chi connectivity index (χ4n) is 1.38. The molecule has 0 fully saturated rings. The van der Waals surface area contributed by atoms with Crippen LogP contribution in [0.2, 0.25) is 0 Å². The van der Waals surface area contributed by atoms with E-state index in [0.29, 0.717) is 0 Å². The molecule has 0 amide bonds. The van der Waals surface area contributed by atoms with Crippen molar-refractivity contribution in [1.29, 1.82) is 0 Å². The number of hydrogen-bond donors (Lipinski definition) is 0. The Bertz CT molecular complexity index is 267. The number of hydrogen-bond acceptors (Lipinski definition) is 0. The van der Waals surface area contributed by atoms with Crippen molar-refractivity contribution in [2.75, 3.05) is 0 Å². The fourth-order valence-corrected chi connectivity index (χ4v) is 1.38. The Morgan fingerprint density at radius 2 is 1.31 bits per heavy atom. The van der Waals surface area contributed by atoms with E-state index in [2.05, 4.69) is 59.8 Å². The third-order valence-corrected chi connectivity index (χ3v) is 2.49. The van der Waals surface area contributed by atoms with Gasteiger partial charge in [0.05, 0.1) is 0 Å². The zero-order valence-electron chi connectivity index (χ0n) is 11.0. The van der Waals surface area contributed by atoms with Gasteiger partial charge in [-0.15, -0.1) is 0 Å². The molecule has 0 N–H and O–H groups in total. The molecule has 3 heteroatoms. The van der Waals surface area contributed by atoms with E-state index >= 15 is 0 Å². The summed E-state index contributed by atoms with van der Waals surface area (Å²) in [7, 11) is 9.92. The molecule has 91 valence electrons. The van der Waals surface area contributed by atoms with Crippen LogP contribution in [0.4, 0.5) is 0 Å². The standard InChI is InChI=1S/C13H21.2ClH.Hf/c1-12(2,3)10-7-8-11(9-10)13(4,5)6;;;/h7-9H,1-6H3;2*1H;/q;;;+2/p-2. The third kappa shape index (κ3) is 6.02. The van der Waals surface area contributed by atoms with Crippen molar-refractivity contribution in [1.82, 2.24) is 0 Å². The molecule has 0 spiro atoms. The van der Waals surface area contributed by atoms with Gasteiger partial charge < -0.3 is 0 Å². The molecule has 1 aliphatic carbocycles. The van der Waals surface area contributed by atoms with Gasteiger partial charge in [0.25, 0.3) is 0 Å². The molecule has 0 unspecified atom stereocenters. The van der Waals surface area contributed by atoms with Crippen LogP contribution in [0, 0.1) is 16.7 Å². The molecule has 1 rings (SSSR count). The quantitative estimate of drug-likeness (QED) is 0.447. The molecule has 0 aromatic rings. The van der Waals surface area contributed by atoms with Crippen molar-refractivity contribution in [3.63, 3.8) is 0 Å². The topological polar surface area (TPSA) is 0 Å². The summed E-state index contributed by atoms with van der Waals surface area (Å²) in [5.74, 6) is 1.44. The van der Waals surface area contributed by atoms with Crippen LogP contribution in [-0.2, 0) is 20.5 Å². The first-order chi connectivity index (χ1) is 7.12. The van der Waals surface area contributed by atoms with Crippen LogP contribution in [0.1, 0.15) is 41.5 Å². The first kappa shape index (κ1) is 16.9. The van der Waals surface area contributed by atoms with Crippen LogP contribution in [0.25, 0.3) is 0 Å². The Kier molecular flexibility index (Phi) is 7.15. The van der Waals surface area contributed by atoms with Gasteiger partial charge in [-0.2, -0.15) is 0 Å². The Labute approximate surface area is 119 Å². The van der Waals surface area contributed by atoms with E-state index in [1.165, 1.54) is 11.5 Å². The van der Waals surface area contributed by atoms with Crippen LogP contribution in [0.15, 0.2) is 23.8 Å². The van der Waals surface area contributed by atoms with Crippen molar-refractivity contribution in [2.24, 2.45) is 10.8 Å². The van der Waals surface area contributed by atoms with Crippen LogP contribution in [0.5, 0.6) is 0 Å². The van der Waals surface area contributed by atoms with E-state index in [0.717, 1.165) is 0 Å². The third-order valence-electron chi connectivity index (χ3n) is 2.49. The first-order valence-electron chi connectivity index (χ1n) is 5.37. The van der Waals surface area contributed by atoms with Gasteiger partial charge in [-0.1, -0.05) is 59.8 Å². The van der Waals surface area contributed by atoms with Gasteiger partial charge >= 0.3 is 37.7 Å². The van der Waals surface area contributed by atoms with Crippen LogP contribution in [-0.4, -0.2) is 0 Å². The van der Waals surface area contributed by atoms with Crippen molar-refractivity contribution >= 4 is 17.2 Å². The molecule has 0 aliphatic heterocycles. The average molecular weight is 427 g/mol. The molecule has 1 radical (unpaired) electrons. The van der Waals surface area contributed by atoms with Gasteiger partial charge in [0, 0.05) is 5.92 Å². The molecule has 0 aromatic carbocycles. The van der Waals surface area contributed by atoms with Gasteiger partial charge in [0.2, 0.25) is 0 Å². The van der Waals surface area contributed by atoms with Crippen molar-refractivity contribution in [3.8, 4) is 0 Å². The SMILES string of the molecule is CC(C)(C)[C]1C=CC(C(C)(C)C)=C1.[Cl][Hf][Cl]. The number of halogens is 2. The summed E-state index contributed by atoms with van der Waals surface area (Å²) < 4.78 is 0. The maximum absolute atomic E-state index is 4.96. The summed E-state index contributed by atoms with van der Waals surface area (Å²) in [5, 5.41) is 0. The van der Waals surface area contributed by atoms with E-state index in [4.69, 9.17) is 17.2 Å². The normalized spacial score (nSPS) is 16.6. The molecule has 0 saturated heterocycles. The Morgan fingerprint density at radius 1 is 0.875 bits per heavy atom. The van der Waals surface area contributed by atoms with E-state index in [9.17, 15) is 0 Å². The zero-order valence-corrected chi connectivity index (χ0v) is 16.1. The molecule has 0 saturated carbocycles. The van der Waals surface area contributed by atoms with Crippen molar-refractivity contribution in [2.45, 2.75) is 41.5 Å². The summed E-state index contributed by atoms with van der Waals surface area (Å²) in [5.41, 5.74) is 2.00. The minimum absolute atomic E-state index is 0.281. The Hall–Kier alpha value is 0.930. The average Bonchev–Trinajstić information content (AvgIpc) is 2.49. The Morgan fingerprint density at radius 3 is 1.50 bits per heavy atom.